The predicted octanol–water partition coefficient (Wildman–Crippen LogP) is 3.02. The molecule has 1 aliphatic carbocycles. The summed E-state index contributed by atoms with van der Waals surface area (Å²) in [6.45, 7) is 6.72. The number of aryl methyl sites for hydroxylation is 1. The lowest BCUT2D eigenvalue weighted by molar-refractivity contribution is -0.132. The van der Waals surface area contributed by atoms with Gasteiger partial charge in [-0.3, -0.25) is 14.4 Å². The van der Waals surface area contributed by atoms with Crippen molar-refractivity contribution in [1.82, 2.24) is 0 Å². The fourth-order valence-electron chi connectivity index (χ4n) is 3.26. The zero-order valence-electron chi connectivity index (χ0n) is 12.8. The molecule has 0 fully saturated rings. The Morgan fingerprint density at radius 3 is 1.90 bits per heavy atom. The molecule has 0 radical (unpaired) electrons. The van der Waals surface area contributed by atoms with Crippen molar-refractivity contribution in [2.75, 3.05) is 0 Å². The van der Waals surface area contributed by atoms with Gasteiger partial charge in [-0.1, -0.05) is 35.4 Å². The van der Waals surface area contributed by atoms with Gasteiger partial charge in [0, 0.05) is 11.8 Å². The number of carbonyl (C=O) groups is 3. The van der Waals surface area contributed by atoms with Crippen LogP contribution in [0.4, 0.5) is 0 Å². The summed E-state index contributed by atoms with van der Waals surface area (Å²) in [6, 6.07) is 7.72. The average Bonchev–Trinajstić information content (AvgIpc) is 2.37. The van der Waals surface area contributed by atoms with E-state index in [1.54, 1.807) is 6.92 Å². The van der Waals surface area contributed by atoms with Crippen LogP contribution in [0.1, 0.15) is 37.8 Å². The molecule has 3 nitrogen and oxygen atoms in total. The zero-order chi connectivity index (χ0) is 15.7. The molecule has 3 unspecified atom stereocenters. The average molecular weight is 284 g/mol. The van der Waals surface area contributed by atoms with Gasteiger partial charge in [-0.2, -0.15) is 0 Å². The maximum absolute atomic E-state index is 12.3. The monoisotopic (exact) mass is 284 g/mol. The number of carbonyl (C=O) groups excluding carboxylic acids is 3. The van der Waals surface area contributed by atoms with E-state index in [9.17, 15) is 14.4 Å². The van der Waals surface area contributed by atoms with E-state index >= 15 is 0 Å². The minimum Gasteiger partial charge on any atom is -0.299 e. The van der Waals surface area contributed by atoms with Crippen LogP contribution in [-0.4, -0.2) is 17.3 Å². The highest BCUT2D eigenvalue weighted by molar-refractivity contribution is 6.10. The lowest BCUT2D eigenvalue weighted by Gasteiger charge is -2.34. The third-order valence-electron chi connectivity index (χ3n) is 4.22. The Balaban J connectivity index is 2.60. The van der Waals surface area contributed by atoms with Crippen molar-refractivity contribution in [3.05, 3.63) is 47.0 Å². The molecular weight excluding hydrogens is 264 g/mol. The van der Waals surface area contributed by atoms with Gasteiger partial charge in [-0.25, -0.2) is 0 Å². The summed E-state index contributed by atoms with van der Waals surface area (Å²) in [5.74, 6) is -1.93. The summed E-state index contributed by atoms with van der Waals surface area (Å²) < 4.78 is 0. The van der Waals surface area contributed by atoms with E-state index in [2.05, 4.69) is 0 Å². The smallest absolute Gasteiger partial charge is 0.166 e. The minimum absolute atomic E-state index is 0.00641. The van der Waals surface area contributed by atoms with Gasteiger partial charge in [-0.05, 0) is 39.3 Å². The van der Waals surface area contributed by atoms with Crippen LogP contribution in [0.2, 0.25) is 0 Å². The molecule has 0 bridgehead atoms. The Labute approximate surface area is 125 Å². The van der Waals surface area contributed by atoms with Crippen LogP contribution in [0.3, 0.4) is 0 Å². The van der Waals surface area contributed by atoms with Crippen molar-refractivity contribution < 1.29 is 14.4 Å². The minimum atomic E-state index is -0.759. The highest BCUT2D eigenvalue weighted by atomic mass is 16.2. The van der Waals surface area contributed by atoms with Crippen molar-refractivity contribution in [3.8, 4) is 0 Å². The third-order valence-corrected chi connectivity index (χ3v) is 4.22. The Morgan fingerprint density at radius 1 is 0.905 bits per heavy atom. The number of hydrogen-bond donors (Lipinski definition) is 0. The Hall–Kier alpha value is -2.03. The van der Waals surface area contributed by atoms with Crippen molar-refractivity contribution in [1.29, 1.82) is 0 Å². The molecule has 3 heteroatoms. The number of hydrogen-bond acceptors (Lipinski definition) is 3. The molecule has 2 rings (SSSR count). The highest BCUT2D eigenvalue weighted by Gasteiger charge is 2.43. The molecule has 0 heterocycles. The molecule has 21 heavy (non-hydrogen) atoms. The van der Waals surface area contributed by atoms with Gasteiger partial charge in [0.2, 0.25) is 0 Å². The van der Waals surface area contributed by atoms with Crippen LogP contribution in [-0.2, 0) is 14.4 Å². The molecule has 1 aromatic carbocycles. The summed E-state index contributed by atoms with van der Waals surface area (Å²) >= 11 is 0. The number of benzene rings is 1. The van der Waals surface area contributed by atoms with Crippen LogP contribution in [0.5, 0.6) is 0 Å². The van der Waals surface area contributed by atoms with Crippen LogP contribution < -0.4 is 0 Å². The van der Waals surface area contributed by atoms with Gasteiger partial charge in [0.25, 0.3) is 0 Å². The first kappa shape index (κ1) is 15.4. The Morgan fingerprint density at radius 2 is 1.43 bits per heavy atom. The standard InChI is InChI=1S/C18H20O3/c1-10-5-7-14(8-6-10)18-16(12(3)19)11(2)9-15(21)17(18)13(4)20/h5-9,16-18H,1-4H3. The van der Waals surface area contributed by atoms with Crippen molar-refractivity contribution >= 4 is 17.3 Å². The summed E-state index contributed by atoms with van der Waals surface area (Å²) in [5, 5.41) is 0. The molecule has 0 amide bonds. The first-order chi connectivity index (χ1) is 9.82. The third kappa shape index (κ3) is 2.87. The lowest BCUT2D eigenvalue weighted by atomic mass is 9.66. The molecule has 0 spiro atoms. The van der Waals surface area contributed by atoms with Crippen molar-refractivity contribution in [2.24, 2.45) is 11.8 Å². The molecule has 0 N–H and O–H groups in total. The zero-order valence-corrected chi connectivity index (χ0v) is 12.8. The SMILES string of the molecule is CC(=O)C1C(=O)C=C(C)C(C(C)=O)C1c1ccc(C)cc1. The van der Waals surface area contributed by atoms with Gasteiger partial charge in [0.05, 0.1) is 5.92 Å². The van der Waals surface area contributed by atoms with E-state index in [0.29, 0.717) is 0 Å². The second-order valence-electron chi connectivity index (χ2n) is 5.90. The quantitative estimate of drug-likeness (QED) is 0.802. The Kier molecular flexibility index (Phi) is 4.21. The van der Waals surface area contributed by atoms with Crippen LogP contribution >= 0.6 is 0 Å². The van der Waals surface area contributed by atoms with Crippen LogP contribution in [0.25, 0.3) is 0 Å². The number of Topliss-reactive ketones (excluding diaryl/α,β-unsaturated/α-hetero) is 2. The molecule has 1 aliphatic rings. The molecule has 0 aromatic heterocycles. The van der Waals surface area contributed by atoms with Crippen molar-refractivity contribution in [3.63, 3.8) is 0 Å². The van der Waals surface area contributed by atoms with Crippen LogP contribution in [0, 0.1) is 18.8 Å². The maximum atomic E-state index is 12.3. The van der Waals surface area contributed by atoms with Gasteiger partial charge in [-0.15, -0.1) is 0 Å². The number of ketones is 3. The highest BCUT2D eigenvalue weighted by Crippen LogP contribution is 2.41. The predicted molar refractivity (Wildman–Crippen MR) is 81.0 cm³/mol. The summed E-state index contributed by atoms with van der Waals surface area (Å²) in [6.07, 6.45) is 1.46. The first-order valence-electron chi connectivity index (χ1n) is 7.12. The molecule has 1 aromatic rings. The van der Waals surface area contributed by atoms with Gasteiger partial charge >= 0.3 is 0 Å². The maximum Gasteiger partial charge on any atom is 0.166 e. The molecule has 0 saturated carbocycles. The molecule has 0 aliphatic heterocycles. The summed E-state index contributed by atoms with van der Waals surface area (Å²) in [5.41, 5.74) is 2.73. The van der Waals surface area contributed by atoms with E-state index in [-0.39, 0.29) is 17.3 Å². The van der Waals surface area contributed by atoms with E-state index in [1.807, 2.05) is 31.2 Å². The fourth-order valence-corrected chi connectivity index (χ4v) is 3.26. The second kappa shape index (κ2) is 5.76. The van der Waals surface area contributed by atoms with Crippen LogP contribution in [0.15, 0.2) is 35.9 Å². The van der Waals surface area contributed by atoms with Gasteiger partial charge in [0.1, 0.15) is 11.6 Å². The summed E-state index contributed by atoms with van der Waals surface area (Å²) in [7, 11) is 0. The topological polar surface area (TPSA) is 51.2 Å². The van der Waals surface area contributed by atoms with E-state index < -0.39 is 17.8 Å². The molecule has 110 valence electrons. The van der Waals surface area contributed by atoms with Crippen molar-refractivity contribution in [2.45, 2.75) is 33.6 Å². The molecule has 0 saturated heterocycles. The second-order valence-corrected chi connectivity index (χ2v) is 5.90. The van der Waals surface area contributed by atoms with Gasteiger partial charge < -0.3 is 0 Å². The molecular formula is C18H20O3. The van der Waals surface area contributed by atoms with E-state index in [1.165, 1.54) is 19.9 Å². The number of rotatable bonds is 3. The first-order valence-corrected chi connectivity index (χ1v) is 7.12. The fraction of sp³-hybridized carbons (Fsp3) is 0.389. The summed E-state index contributed by atoms with van der Waals surface area (Å²) in [4.78, 5) is 36.3. The largest absolute Gasteiger partial charge is 0.299 e. The number of allylic oxidation sites excluding steroid dienone is 2. The Bertz CT molecular complexity index is 622. The van der Waals surface area contributed by atoms with Gasteiger partial charge in [0.15, 0.2) is 5.78 Å². The molecule has 3 atom stereocenters. The van der Waals surface area contributed by atoms with E-state index in [0.717, 1.165) is 16.7 Å². The van der Waals surface area contributed by atoms with E-state index in [4.69, 9.17) is 0 Å². The normalized spacial score (nSPS) is 25.4. The lowest BCUT2D eigenvalue weighted by Crippen LogP contribution is -2.39.